The van der Waals surface area contributed by atoms with Gasteiger partial charge in [0.15, 0.2) is 0 Å². The van der Waals surface area contributed by atoms with Gasteiger partial charge in [0.1, 0.15) is 5.71 Å². The Morgan fingerprint density at radius 1 is 1.02 bits per heavy atom. The normalized spacial score (nSPS) is 19.4. The third-order valence-electron chi connectivity index (χ3n) is 7.93. The predicted octanol–water partition coefficient (Wildman–Crippen LogP) is 8.59. The molecular formula is C34H35F5N4O. The second kappa shape index (κ2) is 12.9. The molecule has 0 fully saturated rings. The maximum atomic E-state index is 14.6. The van der Waals surface area contributed by atoms with Gasteiger partial charge in [-0.1, -0.05) is 48.0 Å². The first-order valence-electron chi connectivity index (χ1n) is 14.6. The molecule has 1 atom stereocenters. The minimum absolute atomic E-state index is 0.0833. The van der Waals surface area contributed by atoms with Crippen molar-refractivity contribution in [1.82, 2.24) is 4.90 Å². The SMILES string of the molecule is CC1=C(c2ccc(C(F)(F)F)cc2C(C)(F)F)C=C(CC2CCC=C3N=C(N(C)Cc4ccccc4)N=C3C=NC2)OCC1. The topological polar surface area (TPSA) is 49.5 Å². The lowest BCUT2D eigenvalue weighted by Gasteiger charge is -2.20. The molecule has 0 spiro atoms. The summed E-state index contributed by atoms with van der Waals surface area (Å²) in [6, 6.07) is 12.7. The van der Waals surface area contributed by atoms with Gasteiger partial charge in [0.05, 0.1) is 23.6 Å². The minimum Gasteiger partial charge on any atom is -0.498 e. The maximum absolute atomic E-state index is 14.6. The number of fused-ring (bicyclic) bond motifs is 1. The van der Waals surface area contributed by atoms with Gasteiger partial charge >= 0.3 is 6.18 Å². The molecular weight excluding hydrogens is 575 g/mol. The molecule has 0 N–H and O–H groups in total. The molecule has 1 unspecified atom stereocenters. The number of benzene rings is 2. The third kappa shape index (κ3) is 7.52. The number of hydrogen-bond donors (Lipinski definition) is 0. The Labute approximate surface area is 254 Å². The number of aliphatic imine (C=N–C) groups is 3. The number of halogens is 5. The summed E-state index contributed by atoms with van der Waals surface area (Å²) in [5, 5.41) is 0. The number of nitrogens with zero attached hydrogens (tertiary/aromatic N) is 4. The molecule has 3 aliphatic heterocycles. The van der Waals surface area contributed by atoms with Crippen LogP contribution in [-0.2, 0) is 23.4 Å². The fraction of sp³-hybridized carbons (Fsp3) is 0.382. The number of rotatable bonds is 6. The lowest BCUT2D eigenvalue weighted by molar-refractivity contribution is -0.137. The Kier molecular flexibility index (Phi) is 9.18. The van der Waals surface area contributed by atoms with E-state index in [4.69, 9.17) is 14.7 Å². The molecule has 232 valence electrons. The molecule has 0 saturated carbocycles. The van der Waals surface area contributed by atoms with E-state index in [-0.39, 0.29) is 11.5 Å². The fourth-order valence-electron chi connectivity index (χ4n) is 5.53. The van der Waals surface area contributed by atoms with Crippen LogP contribution < -0.4 is 0 Å². The average molecular weight is 611 g/mol. The highest BCUT2D eigenvalue weighted by molar-refractivity contribution is 6.41. The number of ether oxygens (including phenoxy) is 1. The van der Waals surface area contributed by atoms with Crippen molar-refractivity contribution in [3.8, 4) is 0 Å². The molecule has 0 amide bonds. The molecule has 44 heavy (non-hydrogen) atoms. The second-order valence-electron chi connectivity index (χ2n) is 11.5. The molecule has 2 aromatic carbocycles. The van der Waals surface area contributed by atoms with Gasteiger partial charge in [-0.05, 0) is 60.6 Å². The molecule has 0 aliphatic carbocycles. The zero-order chi connectivity index (χ0) is 31.5. The van der Waals surface area contributed by atoms with Gasteiger partial charge in [0.25, 0.3) is 5.92 Å². The minimum atomic E-state index is -4.72. The molecule has 3 heterocycles. The van der Waals surface area contributed by atoms with Crippen LogP contribution in [0.15, 0.2) is 92.7 Å². The summed E-state index contributed by atoms with van der Waals surface area (Å²) in [4.78, 5) is 16.1. The standard InChI is InChI=1S/C34H35F5N4O/c1-22-14-15-44-26(18-28(22)27-13-12-25(34(37,38)39)17-29(27)33(2,35)36)16-24-10-7-11-30-31(20-40-19-24)42-32(41-30)43(3)21-23-8-5-4-6-9-23/h4-6,8-9,11-13,17-18,20,24H,7,10,14-16,19,21H2,1-3H3. The van der Waals surface area contributed by atoms with Crippen molar-refractivity contribution in [2.75, 3.05) is 20.2 Å². The maximum Gasteiger partial charge on any atom is 0.416 e. The van der Waals surface area contributed by atoms with Crippen LogP contribution in [0.4, 0.5) is 22.0 Å². The van der Waals surface area contributed by atoms with E-state index < -0.39 is 23.2 Å². The van der Waals surface area contributed by atoms with E-state index in [0.717, 1.165) is 41.8 Å². The van der Waals surface area contributed by atoms with Gasteiger partial charge in [-0.2, -0.15) is 13.2 Å². The van der Waals surface area contributed by atoms with E-state index in [1.165, 1.54) is 0 Å². The zero-order valence-corrected chi connectivity index (χ0v) is 25.0. The van der Waals surface area contributed by atoms with Gasteiger partial charge in [0, 0.05) is 51.7 Å². The third-order valence-corrected chi connectivity index (χ3v) is 7.93. The highest BCUT2D eigenvalue weighted by Crippen LogP contribution is 2.41. The quantitative estimate of drug-likeness (QED) is 0.308. The van der Waals surface area contributed by atoms with Gasteiger partial charge in [0.2, 0.25) is 5.96 Å². The molecule has 0 bridgehead atoms. The van der Waals surface area contributed by atoms with Crippen LogP contribution in [0, 0.1) is 5.92 Å². The van der Waals surface area contributed by atoms with Crippen molar-refractivity contribution < 1.29 is 26.7 Å². The monoisotopic (exact) mass is 610 g/mol. The fourth-order valence-corrected chi connectivity index (χ4v) is 5.53. The van der Waals surface area contributed by atoms with Gasteiger partial charge in [-0.25, -0.2) is 18.8 Å². The molecule has 3 aliphatic rings. The van der Waals surface area contributed by atoms with Crippen LogP contribution >= 0.6 is 0 Å². The van der Waals surface area contributed by atoms with Crippen molar-refractivity contribution in [3.05, 3.63) is 100.0 Å². The van der Waals surface area contributed by atoms with Crippen LogP contribution in [0.1, 0.15) is 61.8 Å². The van der Waals surface area contributed by atoms with Crippen molar-refractivity contribution in [1.29, 1.82) is 0 Å². The first-order valence-corrected chi connectivity index (χ1v) is 14.6. The first-order chi connectivity index (χ1) is 20.9. The second-order valence-corrected chi connectivity index (χ2v) is 11.5. The highest BCUT2D eigenvalue weighted by Gasteiger charge is 2.36. The Morgan fingerprint density at radius 3 is 2.52 bits per heavy atom. The van der Waals surface area contributed by atoms with Gasteiger partial charge in [-0.15, -0.1) is 0 Å². The van der Waals surface area contributed by atoms with Gasteiger partial charge in [-0.3, -0.25) is 4.99 Å². The number of allylic oxidation sites excluding steroid dienone is 5. The molecule has 10 heteroatoms. The lowest BCUT2D eigenvalue weighted by atomic mass is 9.89. The van der Waals surface area contributed by atoms with E-state index in [9.17, 15) is 22.0 Å². The smallest absolute Gasteiger partial charge is 0.416 e. The van der Waals surface area contributed by atoms with Crippen molar-refractivity contribution >= 4 is 23.5 Å². The summed E-state index contributed by atoms with van der Waals surface area (Å²) >= 11 is 0. The molecule has 0 aromatic heterocycles. The Balaban J connectivity index is 1.32. The number of hydrogen-bond acceptors (Lipinski definition) is 5. The molecule has 0 radical (unpaired) electrons. The first kappa shape index (κ1) is 31.3. The average Bonchev–Trinajstić information content (AvgIpc) is 3.31. The van der Waals surface area contributed by atoms with Crippen molar-refractivity contribution in [2.45, 2.75) is 58.2 Å². The van der Waals surface area contributed by atoms with Gasteiger partial charge < -0.3 is 9.64 Å². The summed E-state index contributed by atoms with van der Waals surface area (Å²) in [6.45, 7) is 3.96. The highest BCUT2D eigenvalue weighted by atomic mass is 19.4. The van der Waals surface area contributed by atoms with Crippen LogP contribution in [0.5, 0.6) is 0 Å². The summed E-state index contributed by atoms with van der Waals surface area (Å²) < 4.78 is 75.4. The number of guanidine groups is 1. The summed E-state index contributed by atoms with van der Waals surface area (Å²) in [5.41, 5.74) is 2.23. The van der Waals surface area contributed by atoms with E-state index in [2.05, 4.69) is 23.2 Å². The summed E-state index contributed by atoms with van der Waals surface area (Å²) in [6.07, 6.45) is 3.30. The predicted molar refractivity (Wildman–Crippen MR) is 164 cm³/mol. The lowest BCUT2D eigenvalue weighted by Crippen LogP contribution is -2.23. The van der Waals surface area contributed by atoms with E-state index >= 15 is 0 Å². The number of alkyl halides is 5. The summed E-state index contributed by atoms with van der Waals surface area (Å²) in [7, 11) is 1.95. The molecule has 2 aromatic rings. The van der Waals surface area contributed by atoms with Crippen LogP contribution in [-0.4, -0.2) is 43.0 Å². The van der Waals surface area contributed by atoms with Crippen molar-refractivity contribution in [2.24, 2.45) is 20.9 Å². The van der Waals surface area contributed by atoms with E-state index in [0.29, 0.717) is 68.5 Å². The summed E-state index contributed by atoms with van der Waals surface area (Å²) in [5.74, 6) is -2.14. The van der Waals surface area contributed by atoms with E-state index in [1.54, 1.807) is 19.2 Å². The Morgan fingerprint density at radius 2 is 1.80 bits per heavy atom. The Hall–Kier alpha value is -4.08. The van der Waals surface area contributed by atoms with Crippen LogP contribution in [0.25, 0.3) is 5.57 Å². The van der Waals surface area contributed by atoms with Crippen LogP contribution in [0.3, 0.4) is 0 Å². The molecule has 0 saturated heterocycles. The van der Waals surface area contributed by atoms with Crippen molar-refractivity contribution in [3.63, 3.8) is 0 Å². The van der Waals surface area contributed by atoms with Crippen LogP contribution in [0.2, 0.25) is 0 Å². The molecule has 5 nitrogen and oxygen atoms in total. The Bertz CT molecular complexity index is 1560. The largest absolute Gasteiger partial charge is 0.498 e. The zero-order valence-electron chi connectivity index (χ0n) is 25.0. The molecule has 5 rings (SSSR count). The van der Waals surface area contributed by atoms with E-state index in [1.807, 2.05) is 30.1 Å².